The molecule has 0 bridgehead atoms. The summed E-state index contributed by atoms with van der Waals surface area (Å²) in [5, 5.41) is 4.19. The topological polar surface area (TPSA) is 32.6 Å². The third kappa shape index (κ3) is 4.48. The number of aromatic amines is 1. The summed E-state index contributed by atoms with van der Waals surface area (Å²) in [6.07, 6.45) is 3.13. The molecule has 2 aromatic rings. The van der Waals surface area contributed by atoms with Gasteiger partial charge in [-0.15, -0.1) is 0 Å². The number of rotatable bonds is 4. The monoisotopic (exact) mass is 355 g/mol. The number of anilines is 2. The Hall–Kier alpha value is -2.14. The van der Waals surface area contributed by atoms with Crippen molar-refractivity contribution in [3.8, 4) is 0 Å². The Balaban J connectivity index is 1.53. The summed E-state index contributed by atoms with van der Waals surface area (Å²) < 4.78 is 0. The first kappa shape index (κ1) is 17.7. The second kappa shape index (κ2) is 8.30. The van der Waals surface area contributed by atoms with Gasteiger partial charge in [-0.1, -0.05) is 32.0 Å². The predicted molar refractivity (Wildman–Crippen MR) is 108 cm³/mol. The van der Waals surface area contributed by atoms with E-state index in [0.29, 0.717) is 5.92 Å². The Kier molecular flexibility index (Phi) is 5.87. The first-order chi connectivity index (χ1) is 12.2. The van der Waals surface area contributed by atoms with Gasteiger partial charge in [0.05, 0.1) is 19.3 Å². The summed E-state index contributed by atoms with van der Waals surface area (Å²) in [4.78, 5) is 7.91. The molecule has 0 radical (unpaired) electrons. The van der Waals surface area contributed by atoms with Crippen molar-refractivity contribution in [3.63, 3.8) is 0 Å². The number of nitrogens with one attached hydrogen (secondary N) is 2. The molecule has 4 nitrogen and oxygen atoms in total. The molecule has 2 heterocycles. The van der Waals surface area contributed by atoms with Gasteiger partial charge in [0, 0.05) is 11.8 Å². The molecule has 3 rings (SSSR count). The van der Waals surface area contributed by atoms with Gasteiger partial charge in [0.25, 0.3) is 5.82 Å². The van der Waals surface area contributed by atoms with Gasteiger partial charge in [0.15, 0.2) is 5.11 Å². The molecule has 1 aliphatic heterocycles. The zero-order valence-corrected chi connectivity index (χ0v) is 15.9. The molecule has 0 unspecified atom stereocenters. The smallest absolute Gasteiger partial charge is 0.274 e. The van der Waals surface area contributed by atoms with E-state index in [9.17, 15) is 0 Å². The number of aromatic nitrogens is 1. The van der Waals surface area contributed by atoms with E-state index in [-0.39, 0.29) is 0 Å². The van der Waals surface area contributed by atoms with Crippen LogP contribution in [0.1, 0.15) is 31.7 Å². The molecular formula is C20H27N4S+. The summed E-state index contributed by atoms with van der Waals surface area (Å²) in [5.74, 6) is 1.77. The van der Waals surface area contributed by atoms with Crippen molar-refractivity contribution >= 4 is 28.8 Å². The Morgan fingerprint density at radius 3 is 2.44 bits per heavy atom. The number of nitrogens with zero attached hydrogens (tertiary/aromatic N) is 2. The van der Waals surface area contributed by atoms with Gasteiger partial charge in [-0.25, -0.2) is 4.98 Å². The van der Waals surface area contributed by atoms with Crippen molar-refractivity contribution in [2.45, 2.75) is 26.2 Å². The highest BCUT2D eigenvalue weighted by Gasteiger charge is 2.24. The Labute approximate surface area is 155 Å². The maximum atomic E-state index is 5.61. The molecule has 1 aliphatic rings. The number of hydrogen-bond acceptors (Lipinski definition) is 2. The highest BCUT2D eigenvalue weighted by molar-refractivity contribution is 7.80. The van der Waals surface area contributed by atoms with Crippen molar-refractivity contribution in [1.29, 1.82) is 0 Å². The molecule has 1 saturated heterocycles. The lowest BCUT2D eigenvalue weighted by atomic mass is 9.99. The largest absolute Gasteiger partial charge is 0.341 e. The fourth-order valence-corrected chi connectivity index (χ4v) is 3.36. The van der Waals surface area contributed by atoms with Gasteiger partial charge in [-0.05, 0) is 48.3 Å². The average molecular weight is 356 g/mol. The van der Waals surface area contributed by atoms with Gasteiger partial charge in [0.2, 0.25) is 0 Å². The van der Waals surface area contributed by atoms with Crippen LogP contribution in [0.4, 0.5) is 11.5 Å². The number of thiocarbonyl (C=S) groups is 1. The Bertz CT molecular complexity index is 679. The van der Waals surface area contributed by atoms with Crippen LogP contribution in [-0.2, 0) is 0 Å². The van der Waals surface area contributed by atoms with Crippen LogP contribution in [0.5, 0.6) is 0 Å². The minimum atomic E-state index is 0.601. The van der Waals surface area contributed by atoms with Gasteiger partial charge >= 0.3 is 0 Å². The lowest BCUT2D eigenvalue weighted by Gasteiger charge is -2.32. The number of pyridine rings is 1. The van der Waals surface area contributed by atoms with Gasteiger partial charge in [-0.3, -0.25) is 4.90 Å². The van der Waals surface area contributed by atoms with Crippen LogP contribution in [0.3, 0.4) is 0 Å². The summed E-state index contributed by atoms with van der Waals surface area (Å²) in [6.45, 7) is 8.28. The fourth-order valence-electron chi connectivity index (χ4n) is 3.06. The summed E-state index contributed by atoms with van der Waals surface area (Å²) in [6, 6.07) is 14.8. The number of hydrogen-bond donors (Lipinski definition) is 1. The van der Waals surface area contributed by atoms with Gasteiger partial charge < -0.3 is 10.2 Å². The standard InChI is InChI=1S/C20H26N4S/c1-3-16(2)17-7-9-18(10-8-17)22-20(25)24-14-12-23(13-15-24)19-6-4-5-11-21-19/h4-11,16H,3,12-15H2,1-2H3,(H,22,25)/p+1/t16-/m0/s1. The van der Waals surface area contributed by atoms with Crippen LogP contribution >= 0.6 is 12.2 Å². The lowest BCUT2D eigenvalue weighted by molar-refractivity contribution is -0.364. The molecule has 1 fully saturated rings. The second-order valence-electron chi connectivity index (χ2n) is 6.58. The minimum absolute atomic E-state index is 0.601. The summed E-state index contributed by atoms with van der Waals surface area (Å²) in [7, 11) is 0. The molecule has 0 aliphatic carbocycles. The van der Waals surface area contributed by atoms with E-state index in [1.54, 1.807) is 0 Å². The number of benzene rings is 1. The van der Waals surface area contributed by atoms with Crippen LogP contribution in [0.2, 0.25) is 0 Å². The van der Waals surface area contributed by atoms with Crippen molar-refractivity contribution in [1.82, 2.24) is 4.90 Å². The Morgan fingerprint density at radius 1 is 1.12 bits per heavy atom. The molecule has 0 saturated carbocycles. The molecule has 5 heteroatoms. The minimum Gasteiger partial charge on any atom is -0.341 e. The van der Waals surface area contributed by atoms with Crippen molar-refractivity contribution < 1.29 is 4.98 Å². The Morgan fingerprint density at radius 2 is 1.84 bits per heavy atom. The van der Waals surface area contributed by atoms with E-state index >= 15 is 0 Å². The SMILES string of the molecule is CC[C@H](C)c1ccc(NC(=S)N2CCN(c3cccc[nH+]3)CC2)cc1. The molecule has 132 valence electrons. The molecular weight excluding hydrogens is 328 g/mol. The highest BCUT2D eigenvalue weighted by atomic mass is 32.1. The lowest BCUT2D eigenvalue weighted by Crippen LogP contribution is -2.51. The van der Waals surface area contributed by atoms with Crippen LogP contribution in [-0.4, -0.2) is 36.2 Å². The normalized spacial score (nSPS) is 15.8. The van der Waals surface area contributed by atoms with Crippen molar-refractivity contribution in [3.05, 3.63) is 54.2 Å². The maximum Gasteiger partial charge on any atom is 0.274 e. The van der Waals surface area contributed by atoms with Crippen LogP contribution in [0, 0.1) is 0 Å². The van der Waals surface area contributed by atoms with Crippen molar-refractivity contribution in [2.24, 2.45) is 0 Å². The molecule has 1 atom stereocenters. The molecule has 1 aromatic carbocycles. The zero-order chi connectivity index (χ0) is 17.6. The van der Waals surface area contributed by atoms with E-state index in [1.807, 2.05) is 12.3 Å². The number of piperazine rings is 1. The fraction of sp³-hybridized carbons (Fsp3) is 0.400. The third-order valence-corrected chi connectivity index (χ3v) is 5.30. The van der Waals surface area contributed by atoms with Gasteiger partial charge in [0.1, 0.15) is 13.1 Å². The maximum absolute atomic E-state index is 5.61. The van der Waals surface area contributed by atoms with Gasteiger partial charge in [-0.2, -0.15) is 0 Å². The molecule has 1 aromatic heterocycles. The van der Waals surface area contributed by atoms with E-state index < -0.39 is 0 Å². The third-order valence-electron chi connectivity index (χ3n) is 4.94. The van der Waals surface area contributed by atoms with E-state index in [2.05, 4.69) is 70.3 Å². The first-order valence-corrected chi connectivity index (χ1v) is 9.45. The summed E-state index contributed by atoms with van der Waals surface area (Å²) >= 11 is 5.61. The average Bonchev–Trinajstić information content (AvgIpc) is 2.68. The number of H-pyrrole nitrogens is 1. The molecule has 2 N–H and O–H groups in total. The quantitative estimate of drug-likeness (QED) is 0.851. The first-order valence-electron chi connectivity index (χ1n) is 9.05. The highest BCUT2D eigenvalue weighted by Crippen LogP contribution is 2.21. The van der Waals surface area contributed by atoms with E-state index in [4.69, 9.17) is 12.2 Å². The molecule has 0 amide bonds. The summed E-state index contributed by atoms with van der Waals surface area (Å²) in [5.41, 5.74) is 2.45. The van der Waals surface area contributed by atoms with Crippen LogP contribution in [0.15, 0.2) is 48.7 Å². The predicted octanol–water partition coefficient (Wildman–Crippen LogP) is 3.53. The molecule has 0 spiro atoms. The van der Waals surface area contributed by atoms with Crippen LogP contribution < -0.4 is 15.2 Å². The molecule has 25 heavy (non-hydrogen) atoms. The van der Waals surface area contributed by atoms with E-state index in [0.717, 1.165) is 43.4 Å². The van der Waals surface area contributed by atoms with Crippen LogP contribution in [0.25, 0.3) is 0 Å². The van der Waals surface area contributed by atoms with E-state index in [1.165, 1.54) is 11.4 Å². The van der Waals surface area contributed by atoms with Crippen molar-refractivity contribution in [2.75, 3.05) is 36.4 Å². The zero-order valence-electron chi connectivity index (χ0n) is 15.0. The second-order valence-corrected chi connectivity index (χ2v) is 6.97.